The highest BCUT2D eigenvalue weighted by atomic mass is 19.4. The van der Waals surface area contributed by atoms with Crippen LogP contribution in [0, 0.1) is 0 Å². The Hall–Kier alpha value is -1.96. The van der Waals surface area contributed by atoms with Gasteiger partial charge in [-0.25, -0.2) is 4.79 Å². The molecular weight excluding hydrogens is 299 g/mol. The number of carbonyl (C=O) groups excluding carboxylic acids is 1. The van der Waals surface area contributed by atoms with Crippen LogP contribution < -0.4 is 10.2 Å². The maximum absolute atomic E-state index is 12.8. The third-order valence-corrected chi connectivity index (χ3v) is 3.59. The van der Waals surface area contributed by atoms with Crippen molar-refractivity contribution in [2.45, 2.75) is 6.18 Å². The van der Waals surface area contributed by atoms with Crippen molar-refractivity contribution in [2.75, 3.05) is 50.6 Å². The molecule has 1 saturated heterocycles. The number of carbonyl (C=O) groups is 1. The molecule has 1 aromatic carbocycles. The predicted octanol–water partition coefficient (Wildman–Crippen LogP) is 2.64. The van der Waals surface area contributed by atoms with Gasteiger partial charge in [-0.05, 0) is 25.2 Å². The van der Waals surface area contributed by atoms with Crippen molar-refractivity contribution in [3.05, 3.63) is 23.8 Å². The van der Waals surface area contributed by atoms with Crippen LogP contribution in [0.2, 0.25) is 0 Å². The second-order valence-electron chi connectivity index (χ2n) is 5.14. The normalized spacial score (nSPS) is 16.5. The molecule has 0 atom stereocenters. The van der Waals surface area contributed by atoms with Gasteiger partial charge in [-0.2, -0.15) is 13.2 Å². The maximum Gasteiger partial charge on any atom is 0.416 e. The van der Waals surface area contributed by atoms with Gasteiger partial charge in [-0.1, -0.05) is 0 Å². The average molecular weight is 317 g/mol. The predicted molar refractivity (Wildman–Crippen MR) is 77.2 cm³/mol. The van der Waals surface area contributed by atoms with Crippen molar-refractivity contribution < 1.29 is 22.7 Å². The van der Waals surface area contributed by atoms with E-state index in [0.717, 1.165) is 25.2 Å². The smallest absolute Gasteiger partial charge is 0.416 e. The second-order valence-corrected chi connectivity index (χ2v) is 5.14. The lowest BCUT2D eigenvalue weighted by atomic mass is 10.1. The monoisotopic (exact) mass is 317 g/mol. The number of hydrogen-bond acceptors (Lipinski definition) is 4. The Labute approximate surface area is 126 Å². The lowest BCUT2D eigenvalue weighted by Crippen LogP contribution is -2.44. The van der Waals surface area contributed by atoms with Gasteiger partial charge in [-0.15, -0.1) is 0 Å². The summed E-state index contributed by atoms with van der Waals surface area (Å²) < 4.78 is 43.0. The van der Waals surface area contributed by atoms with E-state index in [9.17, 15) is 18.0 Å². The zero-order valence-corrected chi connectivity index (χ0v) is 12.4. The van der Waals surface area contributed by atoms with Gasteiger partial charge >= 0.3 is 12.3 Å². The molecule has 0 spiro atoms. The van der Waals surface area contributed by atoms with Crippen LogP contribution in [0.5, 0.6) is 0 Å². The molecule has 0 saturated carbocycles. The van der Waals surface area contributed by atoms with E-state index in [-0.39, 0.29) is 5.69 Å². The standard InChI is InChI=1S/C14H18F3N3O2/c1-19-5-7-20(8-6-19)12-4-3-10(14(15,16)17)9-11(12)18-13(21)22-2/h3-4,9H,5-8H2,1-2H3,(H,18,21). The molecule has 5 nitrogen and oxygen atoms in total. The maximum atomic E-state index is 12.8. The first-order chi connectivity index (χ1) is 10.3. The molecule has 0 aliphatic carbocycles. The molecule has 122 valence electrons. The summed E-state index contributed by atoms with van der Waals surface area (Å²) in [6.07, 6.45) is -5.26. The van der Waals surface area contributed by atoms with Gasteiger partial charge in [0, 0.05) is 26.2 Å². The fourth-order valence-corrected chi connectivity index (χ4v) is 2.30. The molecule has 0 unspecified atom stereocenters. The van der Waals surface area contributed by atoms with Crippen molar-refractivity contribution in [1.29, 1.82) is 0 Å². The number of nitrogens with one attached hydrogen (secondary N) is 1. The van der Waals surface area contributed by atoms with Crippen LogP contribution in [0.15, 0.2) is 18.2 Å². The Bertz CT molecular complexity index is 541. The number of amides is 1. The summed E-state index contributed by atoms with van der Waals surface area (Å²) in [5, 5.41) is 2.36. The van der Waals surface area contributed by atoms with Gasteiger partial charge in [0.2, 0.25) is 0 Å². The number of anilines is 2. The zero-order chi connectivity index (χ0) is 16.3. The summed E-state index contributed by atoms with van der Waals surface area (Å²) in [5.41, 5.74) is -0.144. The van der Waals surface area contributed by atoms with Crippen molar-refractivity contribution in [1.82, 2.24) is 4.90 Å². The molecule has 2 rings (SSSR count). The molecule has 0 aromatic heterocycles. The summed E-state index contributed by atoms with van der Waals surface area (Å²) in [7, 11) is 3.15. The van der Waals surface area contributed by atoms with Crippen LogP contribution in [0.3, 0.4) is 0 Å². The molecule has 1 amide bonds. The number of ether oxygens (including phenoxy) is 1. The molecule has 1 aliphatic rings. The average Bonchev–Trinajstić information content (AvgIpc) is 2.47. The number of methoxy groups -OCH3 is 1. The minimum atomic E-state index is -4.47. The minimum absolute atomic E-state index is 0.103. The Morgan fingerprint density at radius 1 is 1.23 bits per heavy atom. The first kappa shape index (κ1) is 16.4. The topological polar surface area (TPSA) is 44.8 Å². The van der Waals surface area contributed by atoms with E-state index < -0.39 is 17.8 Å². The molecule has 0 radical (unpaired) electrons. The summed E-state index contributed by atoms with van der Waals surface area (Å²) in [6, 6.07) is 3.35. The zero-order valence-electron chi connectivity index (χ0n) is 12.4. The van der Waals surface area contributed by atoms with Crippen LogP contribution in [-0.4, -0.2) is 51.3 Å². The van der Waals surface area contributed by atoms with Crippen molar-refractivity contribution >= 4 is 17.5 Å². The number of alkyl halides is 3. The van der Waals surface area contributed by atoms with Gasteiger partial charge < -0.3 is 14.5 Å². The first-order valence-corrected chi connectivity index (χ1v) is 6.81. The van der Waals surface area contributed by atoms with Crippen LogP contribution in [0.25, 0.3) is 0 Å². The number of hydrogen-bond donors (Lipinski definition) is 1. The molecule has 1 aromatic rings. The summed E-state index contributed by atoms with van der Waals surface area (Å²) >= 11 is 0. The Morgan fingerprint density at radius 2 is 1.86 bits per heavy atom. The number of benzene rings is 1. The number of rotatable bonds is 2. The van der Waals surface area contributed by atoms with E-state index in [0.29, 0.717) is 18.8 Å². The number of nitrogens with zero attached hydrogens (tertiary/aromatic N) is 2. The Balaban J connectivity index is 2.33. The van der Waals surface area contributed by atoms with E-state index in [1.54, 1.807) is 0 Å². The second kappa shape index (κ2) is 6.43. The van der Waals surface area contributed by atoms with Gasteiger partial charge in [0.15, 0.2) is 0 Å². The third kappa shape index (κ3) is 3.82. The minimum Gasteiger partial charge on any atom is -0.453 e. The largest absolute Gasteiger partial charge is 0.453 e. The summed E-state index contributed by atoms with van der Waals surface area (Å²) in [4.78, 5) is 15.5. The Kier molecular flexibility index (Phi) is 4.80. The van der Waals surface area contributed by atoms with Gasteiger partial charge in [0.25, 0.3) is 0 Å². The van der Waals surface area contributed by atoms with Gasteiger partial charge in [0.1, 0.15) is 0 Å². The fourth-order valence-electron chi connectivity index (χ4n) is 2.30. The summed E-state index contributed by atoms with van der Waals surface area (Å²) in [6.45, 7) is 2.97. The van der Waals surface area contributed by atoms with Crippen LogP contribution >= 0.6 is 0 Å². The number of piperazine rings is 1. The molecule has 0 bridgehead atoms. The van der Waals surface area contributed by atoms with Gasteiger partial charge in [-0.3, -0.25) is 5.32 Å². The molecule has 1 aliphatic heterocycles. The molecule has 1 N–H and O–H groups in total. The SMILES string of the molecule is COC(=O)Nc1cc(C(F)(F)F)ccc1N1CCN(C)CC1. The fraction of sp³-hybridized carbons (Fsp3) is 0.500. The van der Waals surface area contributed by atoms with Crippen molar-refractivity contribution in [2.24, 2.45) is 0 Å². The van der Waals surface area contributed by atoms with E-state index in [1.165, 1.54) is 13.2 Å². The van der Waals surface area contributed by atoms with Crippen LogP contribution in [0.1, 0.15) is 5.56 Å². The highest BCUT2D eigenvalue weighted by Crippen LogP contribution is 2.35. The summed E-state index contributed by atoms with van der Waals surface area (Å²) in [5.74, 6) is 0. The van der Waals surface area contributed by atoms with E-state index in [2.05, 4.69) is 15.0 Å². The van der Waals surface area contributed by atoms with Gasteiger partial charge in [0.05, 0.1) is 24.0 Å². The molecular formula is C14H18F3N3O2. The number of likely N-dealkylation sites (N-methyl/N-ethyl adjacent to an activating group) is 1. The van der Waals surface area contributed by atoms with E-state index >= 15 is 0 Å². The third-order valence-electron chi connectivity index (χ3n) is 3.59. The molecule has 1 heterocycles. The van der Waals surface area contributed by atoms with Crippen LogP contribution in [0.4, 0.5) is 29.3 Å². The molecule has 1 fully saturated rings. The Morgan fingerprint density at radius 3 is 2.41 bits per heavy atom. The van der Waals surface area contributed by atoms with Crippen molar-refractivity contribution in [3.63, 3.8) is 0 Å². The highest BCUT2D eigenvalue weighted by molar-refractivity contribution is 5.90. The molecule has 8 heteroatoms. The lowest BCUT2D eigenvalue weighted by molar-refractivity contribution is -0.137. The quantitative estimate of drug-likeness (QED) is 0.911. The van der Waals surface area contributed by atoms with E-state index in [1.807, 2.05) is 11.9 Å². The van der Waals surface area contributed by atoms with Crippen molar-refractivity contribution in [3.8, 4) is 0 Å². The first-order valence-electron chi connectivity index (χ1n) is 6.81. The lowest BCUT2D eigenvalue weighted by Gasteiger charge is -2.35. The molecule has 22 heavy (non-hydrogen) atoms. The van der Waals surface area contributed by atoms with E-state index in [4.69, 9.17) is 0 Å². The number of halogens is 3. The van der Waals surface area contributed by atoms with Crippen LogP contribution in [-0.2, 0) is 10.9 Å². The highest BCUT2D eigenvalue weighted by Gasteiger charge is 2.32.